The molecule has 2 aliphatic rings. The van der Waals surface area contributed by atoms with Gasteiger partial charge in [-0.1, -0.05) is 19.8 Å². The van der Waals surface area contributed by atoms with Crippen molar-refractivity contribution in [1.82, 2.24) is 10.2 Å². The van der Waals surface area contributed by atoms with E-state index in [1.807, 2.05) is 0 Å². The zero-order chi connectivity index (χ0) is 13.8. The second-order valence-electron chi connectivity index (χ2n) is 7.14. The average Bonchev–Trinajstić information content (AvgIpc) is 3.23. The molecule has 4 atom stereocenters. The molecular weight excluding hydrogens is 232 g/mol. The highest BCUT2D eigenvalue weighted by molar-refractivity contribution is 4.89. The van der Waals surface area contributed by atoms with Gasteiger partial charge in [0.15, 0.2) is 0 Å². The second-order valence-corrected chi connectivity index (χ2v) is 7.14. The lowest BCUT2D eigenvalue weighted by molar-refractivity contribution is 0.127. The van der Waals surface area contributed by atoms with Crippen molar-refractivity contribution in [2.24, 2.45) is 17.8 Å². The van der Waals surface area contributed by atoms with E-state index < -0.39 is 0 Å². The normalized spacial score (nSPS) is 33.6. The van der Waals surface area contributed by atoms with Crippen LogP contribution in [0.2, 0.25) is 0 Å². The van der Waals surface area contributed by atoms with Crippen molar-refractivity contribution in [2.45, 2.75) is 70.9 Å². The summed E-state index contributed by atoms with van der Waals surface area (Å²) in [7, 11) is 4.50. The molecule has 0 radical (unpaired) electrons. The Morgan fingerprint density at radius 1 is 1.21 bits per heavy atom. The number of nitrogens with zero attached hydrogens (tertiary/aromatic N) is 1. The van der Waals surface area contributed by atoms with Crippen LogP contribution in [-0.2, 0) is 0 Å². The summed E-state index contributed by atoms with van der Waals surface area (Å²) in [4.78, 5) is 2.64. The molecule has 2 nitrogen and oxygen atoms in total. The highest BCUT2D eigenvalue weighted by Gasteiger charge is 2.34. The van der Waals surface area contributed by atoms with Crippen LogP contribution in [0.25, 0.3) is 0 Å². The van der Waals surface area contributed by atoms with E-state index in [4.69, 9.17) is 0 Å². The Labute approximate surface area is 120 Å². The summed E-state index contributed by atoms with van der Waals surface area (Å²) in [5.74, 6) is 2.85. The monoisotopic (exact) mass is 266 g/mol. The van der Waals surface area contributed by atoms with Crippen molar-refractivity contribution >= 4 is 0 Å². The summed E-state index contributed by atoms with van der Waals surface area (Å²) in [6.07, 6.45) is 10.00. The fraction of sp³-hybridized carbons (Fsp3) is 1.00. The molecule has 4 unspecified atom stereocenters. The standard InChI is InChI=1S/C17H34N2/c1-5-6-14-7-10-17(18-3)16(11-14)12-19(4)13(2)15-8-9-15/h13-18H,5-12H2,1-4H3. The molecule has 0 bridgehead atoms. The van der Waals surface area contributed by atoms with Crippen LogP contribution in [0.3, 0.4) is 0 Å². The lowest BCUT2D eigenvalue weighted by Crippen LogP contribution is -2.46. The van der Waals surface area contributed by atoms with Crippen LogP contribution >= 0.6 is 0 Å². The van der Waals surface area contributed by atoms with Crippen molar-refractivity contribution in [3.05, 3.63) is 0 Å². The first-order valence-electron chi connectivity index (χ1n) is 8.53. The molecule has 0 heterocycles. The van der Waals surface area contributed by atoms with Crippen molar-refractivity contribution in [3.8, 4) is 0 Å². The van der Waals surface area contributed by atoms with Gasteiger partial charge in [-0.2, -0.15) is 0 Å². The Balaban J connectivity index is 1.86. The van der Waals surface area contributed by atoms with E-state index in [0.29, 0.717) is 0 Å². The molecule has 0 spiro atoms. The molecule has 0 aromatic heterocycles. The summed E-state index contributed by atoms with van der Waals surface area (Å²) in [6, 6.07) is 1.55. The zero-order valence-electron chi connectivity index (χ0n) is 13.5. The van der Waals surface area contributed by atoms with Gasteiger partial charge in [-0.15, -0.1) is 0 Å². The smallest absolute Gasteiger partial charge is 0.0105 e. The molecule has 112 valence electrons. The van der Waals surface area contributed by atoms with Gasteiger partial charge in [0, 0.05) is 18.6 Å². The third-order valence-electron chi connectivity index (χ3n) is 5.68. The second kappa shape index (κ2) is 7.08. The molecule has 0 saturated heterocycles. The van der Waals surface area contributed by atoms with Crippen molar-refractivity contribution in [3.63, 3.8) is 0 Å². The molecule has 19 heavy (non-hydrogen) atoms. The van der Waals surface area contributed by atoms with E-state index in [1.54, 1.807) is 0 Å². The van der Waals surface area contributed by atoms with Gasteiger partial charge in [0.25, 0.3) is 0 Å². The Bertz CT molecular complexity index is 262. The Hall–Kier alpha value is -0.0800. The number of rotatable bonds is 7. The van der Waals surface area contributed by atoms with E-state index in [9.17, 15) is 0 Å². The Morgan fingerprint density at radius 2 is 1.95 bits per heavy atom. The number of hydrogen-bond acceptors (Lipinski definition) is 2. The van der Waals surface area contributed by atoms with Crippen LogP contribution in [0.1, 0.15) is 58.8 Å². The van der Waals surface area contributed by atoms with Crippen molar-refractivity contribution in [1.29, 1.82) is 0 Å². The molecule has 1 N–H and O–H groups in total. The molecule has 2 heteroatoms. The topological polar surface area (TPSA) is 15.3 Å². The van der Waals surface area contributed by atoms with Gasteiger partial charge in [-0.3, -0.25) is 0 Å². The van der Waals surface area contributed by atoms with E-state index in [-0.39, 0.29) is 0 Å². The summed E-state index contributed by atoms with van der Waals surface area (Å²) >= 11 is 0. The fourth-order valence-corrected chi connectivity index (χ4v) is 4.09. The molecule has 2 fully saturated rings. The third-order valence-corrected chi connectivity index (χ3v) is 5.68. The summed E-state index contributed by atoms with van der Waals surface area (Å²) < 4.78 is 0. The number of nitrogens with one attached hydrogen (secondary N) is 1. The molecule has 0 amide bonds. The zero-order valence-corrected chi connectivity index (χ0v) is 13.5. The highest BCUT2D eigenvalue weighted by Crippen LogP contribution is 2.37. The highest BCUT2D eigenvalue weighted by atomic mass is 15.1. The van der Waals surface area contributed by atoms with Gasteiger partial charge in [0.2, 0.25) is 0 Å². The van der Waals surface area contributed by atoms with Gasteiger partial charge >= 0.3 is 0 Å². The van der Waals surface area contributed by atoms with Gasteiger partial charge < -0.3 is 10.2 Å². The molecule has 0 aromatic rings. The molecular formula is C17H34N2. The lowest BCUT2D eigenvalue weighted by Gasteiger charge is -2.39. The van der Waals surface area contributed by atoms with Crippen LogP contribution in [-0.4, -0.2) is 37.6 Å². The van der Waals surface area contributed by atoms with Gasteiger partial charge in [0.1, 0.15) is 0 Å². The van der Waals surface area contributed by atoms with Gasteiger partial charge in [-0.25, -0.2) is 0 Å². The quantitative estimate of drug-likeness (QED) is 0.758. The van der Waals surface area contributed by atoms with Gasteiger partial charge in [0.05, 0.1) is 0 Å². The maximum Gasteiger partial charge on any atom is 0.0105 e. The first kappa shape index (κ1) is 15.3. The predicted molar refractivity (Wildman–Crippen MR) is 83.4 cm³/mol. The Morgan fingerprint density at radius 3 is 2.53 bits per heavy atom. The van der Waals surface area contributed by atoms with Crippen molar-refractivity contribution < 1.29 is 0 Å². The summed E-state index contributed by atoms with van der Waals surface area (Å²) in [6.45, 7) is 6.06. The fourth-order valence-electron chi connectivity index (χ4n) is 4.09. The maximum absolute atomic E-state index is 3.58. The molecule has 0 aromatic carbocycles. The largest absolute Gasteiger partial charge is 0.317 e. The van der Waals surface area contributed by atoms with Crippen LogP contribution < -0.4 is 5.32 Å². The first-order valence-corrected chi connectivity index (χ1v) is 8.53. The molecule has 0 aliphatic heterocycles. The predicted octanol–water partition coefficient (Wildman–Crippen LogP) is 3.52. The molecule has 2 saturated carbocycles. The van der Waals surface area contributed by atoms with Crippen LogP contribution in [0.5, 0.6) is 0 Å². The van der Waals surface area contributed by atoms with Crippen LogP contribution in [0.15, 0.2) is 0 Å². The van der Waals surface area contributed by atoms with Crippen LogP contribution in [0.4, 0.5) is 0 Å². The molecule has 2 aliphatic carbocycles. The summed E-state index contributed by atoms with van der Waals surface area (Å²) in [5.41, 5.74) is 0. The number of hydrogen-bond donors (Lipinski definition) is 1. The van der Waals surface area contributed by atoms with E-state index in [0.717, 1.165) is 29.8 Å². The first-order chi connectivity index (χ1) is 9.15. The maximum atomic E-state index is 3.58. The van der Waals surface area contributed by atoms with Gasteiger partial charge in [-0.05, 0) is 70.9 Å². The minimum Gasteiger partial charge on any atom is -0.317 e. The van der Waals surface area contributed by atoms with E-state index in [1.165, 1.54) is 51.5 Å². The molecule has 2 rings (SSSR count). The van der Waals surface area contributed by atoms with Crippen molar-refractivity contribution in [2.75, 3.05) is 20.6 Å². The van der Waals surface area contributed by atoms with E-state index >= 15 is 0 Å². The average molecular weight is 266 g/mol. The van der Waals surface area contributed by atoms with Crippen LogP contribution in [0, 0.1) is 17.8 Å². The SMILES string of the molecule is CCCC1CCC(NC)C(CN(C)C(C)C2CC2)C1. The third kappa shape index (κ3) is 4.19. The Kier molecular flexibility index (Phi) is 5.70. The lowest BCUT2D eigenvalue weighted by atomic mass is 9.76. The van der Waals surface area contributed by atoms with E-state index in [2.05, 4.69) is 38.2 Å². The minimum atomic E-state index is 0.752. The summed E-state index contributed by atoms with van der Waals surface area (Å²) in [5, 5.41) is 3.58. The minimum absolute atomic E-state index is 0.752.